The number of rotatable bonds is 8. The minimum atomic E-state index is -0.491. The van der Waals surface area contributed by atoms with Crippen LogP contribution in [0.1, 0.15) is 158 Å². The molecule has 0 heterocycles. The lowest BCUT2D eigenvalue weighted by Crippen LogP contribution is -2.56. The Morgan fingerprint density at radius 2 is 0.526 bits per heavy atom. The van der Waals surface area contributed by atoms with Crippen molar-refractivity contribution in [3.63, 3.8) is 0 Å². The second-order valence-electron chi connectivity index (χ2n) is 29.6. The van der Waals surface area contributed by atoms with Gasteiger partial charge >= 0.3 is 0 Å². The van der Waals surface area contributed by atoms with E-state index in [4.69, 9.17) is 0 Å². The molecule has 482 valence electrons. The molecule has 8 heteroatoms. The summed E-state index contributed by atoms with van der Waals surface area (Å²) in [5.41, 5.74) is 15.2. The molecule has 8 N–H and O–H groups in total. The first-order valence-corrected chi connectivity index (χ1v) is 34.7. The Morgan fingerprint density at radius 1 is 0.253 bits per heavy atom. The van der Waals surface area contributed by atoms with E-state index >= 15 is 0 Å². The number of hydrogen-bond acceptors (Lipinski definition) is 8. The number of hydrogen-bond donors (Lipinski definition) is 8. The maximum absolute atomic E-state index is 9.85. The van der Waals surface area contributed by atoms with Crippen LogP contribution >= 0.6 is 0 Å². The van der Waals surface area contributed by atoms with Crippen molar-refractivity contribution in [3.05, 3.63) is 298 Å². The summed E-state index contributed by atoms with van der Waals surface area (Å²) >= 11 is 0. The molecule has 0 amide bonds. The molecule has 8 bridgehead atoms. The third-order valence-corrected chi connectivity index (χ3v) is 24.2. The highest BCUT2D eigenvalue weighted by Crippen LogP contribution is 2.68. The van der Waals surface area contributed by atoms with E-state index in [-0.39, 0.29) is 33.2 Å². The summed E-state index contributed by atoms with van der Waals surface area (Å²) < 4.78 is 0. The Morgan fingerprint density at radius 3 is 0.853 bits per heavy atom. The predicted octanol–water partition coefficient (Wildman–Crippen LogP) is 19.5. The standard InChI is InChI=1S/C25H18O2.2C22H24O2.C18H20O2/c26-19-13-9-17(10-14-19)25(18-11-15-20(27)16-12-18)23-7-3-1-5-21(23)22-6-2-4-8-24(22)25;23-19-5-1-17(2-6-19)21-10-15-9-16(11-21)13-22(12-15,14-21)18-3-7-20(24)8-4-18;23-20-5-1-16(2-6-20)22(17-3-7-21(24)8-4-17)18-10-14-9-15(12-18)13-19(22)11-14;19-16-8-4-14(5-9-16)18(12-2-1-3-13-18)15-6-10-17(20)11-7-15/h1-16,26-27H;1-8,15-16,23-24H,9-14H2;1-8,14-15,18-19,23-24H,9-13H2;4-11,19-20H,1-3,12-13H2. The lowest BCUT2D eigenvalue weighted by atomic mass is 9.42. The lowest BCUT2D eigenvalue weighted by Gasteiger charge is -2.62. The molecular formula is C87H86O8. The lowest BCUT2D eigenvalue weighted by molar-refractivity contribution is -0.0418. The molecule has 10 aromatic carbocycles. The number of phenolic OH excluding ortho intramolecular Hbond substituents is 8. The minimum absolute atomic E-state index is 0.0274. The molecule has 95 heavy (non-hydrogen) atoms. The second-order valence-corrected chi connectivity index (χ2v) is 29.6. The topological polar surface area (TPSA) is 162 Å². The van der Waals surface area contributed by atoms with Gasteiger partial charge in [0.2, 0.25) is 0 Å². The van der Waals surface area contributed by atoms with Crippen LogP contribution < -0.4 is 0 Å². The maximum atomic E-state index is 9.85. The second kappa shape index (κ2) is 24.7. The summed E-state index contributed by atoms with van der Waals surface area (Å²) in [4.78, 5) is 0. The first-order chi connectivity index (χ1) is 46.1. The summed E-state index contributed by atoms with van der Waals surface area (Å²) in [5.74, 6) is 7.33. The van der Waals surface area contributed by atoms with Gasteiger partial charge in [0.05, 0.1) is 5.41 Å². The van der Waals surface area contributed by atoms with E-state index in [1.165, 1.54) is 146 Å². The van der Waals surface area contributed by atoms with Gasteiger partial charge in [0, 0.05) is 10.8 Å². The van der Waals surface area contributed by atoms with Crippen molar-refractivity contribution in [3.8, 4) is 57.1 Å². The zero-order chi connectivity index (χ0) is 65.1. The molecule has 0 radical (unpaired) electrons. The van der Waals surface area contributed by atoms with Gasteiger partial charge in [-0.3, -0.25) is 0 Å². The van der Waals surface area contributed by atoms with Crippen molar-refractivity contribution in [1.82, 2.24) is 0 Å². The van der Waals surface area contributed by atoms with Crippen LogP contribution in [0.5, 0.6) is 46.0 Å². The van der Waals surface area contributed by atoms with Gasteiger partial charge in [-0.1, -0.05) is 165 Å². The van der Waals surface area contributed by atoms with Crippen molar-refractivity contribution >= 4 is 0 Å². The average Bonchev–Trinajstić information content (AvgIpc) is 1.69. The van der Waals surface area contributed by atoms with Crippen molar-refractivity contribution < 1.29 is 40.9 Å². The van der Waals surface area contributed by atoms with Crippen LogP contribution in [0.25, 0.3) is 11.1 Å². The van der Waals surface area contributed by atoms with Crippen molar-refractivity contribution in [2.45, 2.75) is 130 Å². The van der Waals surface area contributed by atoms with E-state index in [9.17, 15) is 40.9 Å². The van der Waals surface area contributed by atoms with Crippen LogP contribution in [0, 0.1) is 35.5 Å². The third-order valence-electron chi connectivity index (χ3n) is 24.2. The molecule has 8 nitrogen and oxygen atoms in total. The Balaban J connectivity index is 0.000000105. The molecule has 0 aliphatic heterocycles. The molecule has 9 fully saturated rings. The van der Waals surface area contributed by atoms with Crippen molar-refractivity contribution in [1.29, 1.82) is 0 Å². The van der Waals surface area contributed by atoms with Crippen LogP contribution in [0.4, 0.5) is 0 Å². The first kappa shape index (κ1) is 61.8. The molecule has 10 aliphatic rings. The Bertz CT molecular complexity index is 4010. The van der Waals surface area contributed by atoms with E-state index in [2.05, 4.69) is 97.1 Å². The zero-order valence-electron chi connectivity index (χ0n) is 53.9. The molecule has 0 spiro atoms. The van der Waals surface area contributed by atoms with Crippen LogP contribution in [0.2, 0.25) is 0 Å². The first-order valence-electron chi connectivity index (χ1n) is 34.7. The summed E-state index contributed by atoms with van der Waals surface area (Å²) in [5, 5.41) is 77.6. The van der Waals surface area contributed by atoms with Gasteiger partial charge in [0.15, 0.2) is 0 Å². The van der Waals surface area contributed by atoms with Gasteiger partial charge in [-0.15, -0.1) is 0 Å². The predicted molar refractivity (Wildman–Crippen MR) is 375 cm³/mol. The Hall–Kier alpha value is -9.40. The normalized spacial score (nSPS) is 25.3. The smallest absolute Gasteiger partial charge is 0.115 e. The molecule has 9 saturated carbocycles. The van der Waals surface area contributed by atoms with Gasteiger partial charge in [-0.05, 0) is 294 Å². The fourth-order valence-electron chi connectivity index (χ4n) is 21.0. The molecule has 0 aromatic heterocycles. The summed E-state index contributed by atoms with van der Waals surface area (Å²) in [6.45, 7) is 0. The van der Waals surface area contributed by atoms with Crippen LogP contribution in [0.15, 0.2) is 243 Å². The Labute approximate surface area is 558 Å². The molecular weight excluding hydrogens is 1170 g/mol. The molecule has 20 rings (SSSR count). The fraction of sp³-hybridized carbons (Fsp3) is 0.310. The molecule has 10 aromatic rings. The van der Waals surface area contributed by atoms with Crippen molar-refractivity contribution in [2.24, 2.45) is 35.5 Å². The van der Waals surface area contributed by atoms with E-state index < -0.39 is 5.41 Å². The zero-order valence-corrected chi connectivity index (χ0v) is 53.9. The quantitative estimate of drug-likeness (QED) is 0.0746. The van der Waals surface area contributed by atoms with Gasteiger partial charge in [-0.2, -0.15) is 0 Å². The summed E-state index contributed by atoms with van der Waals surface area (Å²) in [6, 6.07) is 78.9. The fourth-order valence-corrected chi connectivity index (χ4v) is 21.0. The van der Waals surface area contributed by atoms with Gasteiger partial charge in [-0.25, -0.2) is 0 Å². The summed E-state index contributed by atoms with van der Waals surface area (Å²) in [6.07, 6.45) is 20.5. The highest BCUT2D eigenvalue weighted by Gasteiger charge is 2.60. The highest BCUT2D eigenvalue weighted by molar-refractivity contribution is 5.86. The number of phenols is 8. The molecule has 0 atom stereocenters. The maximum Gasteiger partial charge on any atom is 0.115 e. The largest absolute Gasteiger partial charge is 0.508 e. The molecule has 0 unspecified atom stereocenters. The highest BCUT2D eigenvalue weighted by atomic mass is 16.3. The van der Waals surface area contributed by atoms with Crippen LogP contribution in [-0.2, 0) is 27.1 Å². The summed E-state index contributed by atoms with van der Waals surface area (Å²) in [7, 11) is 0. The molecule has 10 aliphatic carbocycles. The SMILES string of the molecule is Oc1ccc(C2(c3ccc(O)cc3)C3CC4CC(C3)CC2C4)cc1.Oc1ccc(C2(c3ccc(O)cc3)CCCCC2)cc1.Oc1ccc(C2(c3ccc(O)cc3)c3ccccc3-c3ccccc32)cc1.Oc1ccc(C23CC4CC(C2)CC(c2ccc(O)cc2)(C4)C3)cc1. The third kappa shape index (κ3) is 11.0. The van der Waals surface area contributed by atoms with Gasteiger partial charge in [0.25, 0.3) is 0 Å². The van der Waals surface area contributed by atoms with E-state index in [1.807, 2.05) is 97.1 Å². The number of aromatic hydroxyl groups is 8. The average molecular weight is 1260 g/mol. The Kier molecular flexibility index (Phi) is 16.1. The van der Waals surface area contributed by atoms with E-state index in [0.29, 0.717) is 46.3 Å². The number of fused-ring (bicyclic) bond motifs is 3. The van der Waals surface area contributed by atoms with E-state index in [1.54, 1.807) is 48.5 Å². The van der Waals surface area contributed by atoms with Crippen LogP contribution in [-0.4, -0.2) is 40.9 Å². The molecule has 0 saturated heterocycles. The van der Waals surface area contributed by atoms with Crippen molar-refractivity contribution in [2.75, 3.05) is 0 Å². The van der Waals surface area contributed by atoms with Gasteiger partial charge < -0.3 is 40.9 Å². The van der Waals surface area contributed by atoms with E-state index in [0.717, 1.165) is 47.6 Å². The van der Waals surface area contributed by atoms with Gasteiger partial charge in [0.1, 0.15) is 46.0 Å². The number of benzene rings is 10. The minimum Gasteiger partial charge on any atom is -0.508 e. The van der Waals surface area contributed by atoms with Crippen LogP contribution in [0.3, 0.4) is 0 Å². The monoisotopic (exact) mass is 1260 g/mol.